The molecule has 0 aliphatic carbocycles. The number of para-hydroxylation sites is 1. The number of benzene rings is 2. The summed E-state index contributed by atoms with van der Waals surface area (Å²) in [5.74, 6) is -1.30. The average Bonchev–Trinajstić information content (AvgIpc) is 2.71. The summed E-state index contributed by atoms with van der Waals surface area (Å²) in [5.41, 5.74) is 1.86. The van der Waals surface area contributed by atoms with Crippen molar-refractivity contribution in [2.45, 2.75) is 6.42 Å². The molecule has 1 amide bonds. The van der Waals surface area contributed by atoms with Crippen LogP contribution in [0.1, 0.15) is 16.1 Å². The number of pyridine rings is 1. The molecule has 28 heavy (non-hydrogen) atoms. The van der Waals surface area contributed by atoms with E-state index in [4.69, 9.17) is 4.74 Å². The zero-order valence-corrected chi connectivity index (χ0v) is 15.2. The quantitative estimate of drug-likeness (QED) is 0.639. The van der Waals surface area contributed by atoms with Gasteiger partial charge in [0.1, 0.15) is 23.1 Å². The summed E-state index contributed by atoms with van der Waals surface area (Å²) in [6.07, 6.45) is 2.29. The van der Waals surface area contributed by atoms with E-state index in [1.807, 2.05) is 24.3 Å². The molecule has 0 saturated heterocycles. The number of anilines is 2. The number of aromatic nitrogens is 1. The van der Waals surface area contributed by atoms with Crippen molar-refractivity contribution < 1.29 is 18.3 Å². The van der Waals surface area contributed by atoms with Crippen molar-refractivity contribution in [1.29, 1.82) is 0 Å². The van der Waals surface area contributed by atoms with Crippen LogP contribution in [0.15, 0.2) is 60.8 Å². The predicted octanol–water partition coefficient (Wildman–Crippen LogP) is 4.28. The summed E-state index contributed by atoms with van der Waals surface area (Å²) in [6.45, 7) is 0.661. The zero-order chi connectivity index (χ0) is 19.9. The monoisotopic (exact) mass is 383 g/mol. The second-order valence-electron chi connectivity index (χ2n) is 6.00. The van der Waals surface area contributed by atoms with Gasteiger partial charge in [-0.1, -0.05) is 18.2 Å². The summed E-state index contributed by atoms with van der Waals surface area (Å²) in [6, 6.07) is 14.0. The van der Waals surface area contributed by atoms with Crippen molar-refractivity contribution in [2.24, 2.45) is 0 Å². The van der Waals surface area contributed by atoms with Crippen LogP contribution in [0.25, 0.3) is 0 Å². The highest BCUT2D eigenvalue weighted by Crippen LogP contribution is 2.18. The number of halogens is 2. The van der Waals surface area contributed by atoms with E-state index in [0.29, 0.717) is 12.6 Å². The molecule has 0 bridgehead atoms. The van der Waals surface area contributed by atoms with Crippen molar-refractivity contribution in [2.75, 3.05) is 24.3 Å². The zero-order valence-electron chi connectivity index (χ0n) is 15.2. The largest absolute Gasteiger partial charge is 0.496 e. The number of rotatable bonds is 7. The fourth-order valence-electron chi connectivity index (χ4n) is 2.66. The van der Waals surface area contributed by atoms with Crippen LogP contribution in [0.2, 0.25) is 0 Å². The lowest BCUT2D eigenvalue weighted by Crippen LogP contribution is -2.15. The molecule has 0 aliphatic rings. The van der Waals surface area contributed by atoms with E-state index in [1.165, 1.54) is 12.3 Å². The van der Waals surface area contributed by atoms with Crippen LogP contribution < -0.4 is 15.4 Å². The molecule has 2 aromatic carbocycles. The van der Waals surface area contributed by atoms with Gasteiger partial charge in [0, 0.05) is 12.6 Å². The Hall–Kier alpha value is -3.48. The minimum absolute atomic E-state index is 0.104. The lowest BCUT2D eigenvalue weighted by molar-refractivity contribution is 0.102. The molecule has 0 radical (unpaired) electrons. The van der Waals surface area contributed by atoms with Gasteiger partial charge < -0.3 is 15.4 Å². The second kappa shape index (κ2) is 8.94. The Bertz CT molecular complexity index is 962. The highest BCUT2D eigenvalue weighted by Gasteiger charge is 2.11. The molecule has 3 rings (SSSR count). The van der Waals surface area contributed by atoms with Crippen molar-refractivity contribution in [3.05, 3.63) is 83.7 Å². The molecule has 2 N–H and O–H groups in total. The van der Waals surface area contributed by atoms with Crippen LogP contribution in [-0.4, -0.2) is 24.5 Å². The van der Waals surface area contributed by atoms with Gasteiger partial charge in [-0.05, 0) is 42.3 Å². The third kappa shape index (κ3) is 4.82. The molecule has 0 atom stereocenters. The highest BCUT2D eigenvalue weighted by atomic mass is 19.1. The van der Waals surface area contributed by atoms with E-state index in [-0.39, 0.29) is 11.4 Å². The topological polar surface area (TPSA) is 63.2 Å². The van der Waals surface area contributed by atoms with E-state index in [2.05, 4.69) is 15.6 Å². The summed E-state index contributed by atoms with van der Waals surface area (Å²) in [7, 11) is 1.64. The fraction of sp³-hybridized carbons (Fsp3) is 0.143. The van der Waals surface area contributed by atoms with E-state index < -0.39 is 17.5 Å². The first-order valence-electron chi connectivity index (χ1n) is 8.65. The van der Waals surface area contributed by atoms with Gasteiger partial charge in [0.2, 0.25) is 0 Å². The van der Waals surface area contributed by atoms with Gasteiger partial charge in [-0.15, -0.1) is 0 Å². The molecule has 1 aromatic heterocycles. The number of methoxy groups -OCH3 is 1. The van der Waals surface area contributed by atoms with Crippen LogP contribution in [0.4, 0.5) is 20.2 Å². The fourth-order valence-corrected chi connectivity index (χ4v) is 2.66. The summed E-state index contributed by atoms with van der Waals surface area (Å²) in [4.78, 5) is 16.2. The molecule has 0 spiro atoms. The van der Waals surface area contributed by atoms with E-state index in [9.17, 15) is 13.6 Å². The summed E-state index contributed by atoms with van der Waals surface area (Å²) >= 11 is 0. The van der Waals surface area contributed by atoms with Crippen molar-refractivity contribution in [1.82, 2.24) is 4.98 Å². The van der Waals surface area contributed by atoms with Gasteiger partial charge in [-0.3, -0.25) is 4.79 Å². The Morgan fingerprint density at radius 1 is 1.11 bits per heavy atom. The number of hydrogen-bond acceptors (Lipinski definition) is 4. The van der Waals surface area contributed by atoms with Gasteiger partial charge in [0.05, 0.1) is 24.7 Å². The van der Waals surface area contributed by atoms with Crippen LogP contribution in [-0.2, 0) is 6.42 Å². The number of ether oxygens (including phenoxy) is 1. The molecule has 0 aliphatic heterocycles. The van der Waals surface area contributed by atoms with Crippen LogP contribution in [0, 0.1) is 11.6 Å². The Morgan fingerprint density at radius 3 is 2.64 bits per heavy atom. The lowest BCUT2D eigenvalue weighted by Gasteiger charge is -2.10. The van der Waals surface area contributed by atoms with Crippen molar-refractivity contribution in [3.8, 4) is 5.75 Å². The SMILES string of the molecule is COc1ccccc1CCNc1ccc(C(=O)Nc2ccc(F)cc2F)nc1. The first-order chi connectivity index (χ1) is 13.6. The van der Waals surface area contributed by atoms with Crippen LogP contribution in [0.5, 0.6) is 5.75 Å². The molecule has 7 heteroatoms. The molecule has 5 nitrogen and oxygen atoms in total. The Kier molecular flexibility index (Phi) is 6.16. The van der Waals surface area contributed by atoms with Crippen molar-refractivity contribution in [3.63, 3.8) is 0 Å². The smallest absolute Gasteiger partial charge is 0.274 e. The standard InChI is InChI=1S/C21H19F2N3O2/c1-28-20-5-3-2-4-14(20)10-11-24-16-7-9-19(25-13-16)21(27)26-18-8-6-15(22)12-17(18)23/h2-9,12-13,24H,10-11H2,1H3,(H,26,27). The highest BCUT2D eigenvalue weighted by molar-refractivity contribution is 6.03. The van der Waals surface area contributed by atoms with Gasteiger partial charge >= 0.3 is 0 Å². The number of amides is 1. The summed E-state index contributed by atoms with van der Waals surface area (Å²) in [5, 5.41) is 5.60. The van der Waals surface area contributed by atoms with Gasteiger partial charge in [-0.2, -0.15) is 0 Å². The Morgan fingerprint density at radius 2 is 1.93 bits per heavy atom. The molecule has 0 unspecified atom stereocenters. The van der Waals surface area contributed by atoms with Crippen LogP contribution in [0.3, 0.4) is 0 Å². The lowest BCUT2D eigenvalue weighted by atomic mass is 10.1. The number of carbonyl (C=O) groups is 1. The predicted molar refractivity (Wildman–Crippen MR) is 104 cm³/mol. The van der Waals surface area contributed by atoms with E-state index in [0.717, 1.165) is 35.6 Å². The normalized spacial score (nSPS) is 10.4. The number of hydrogen-bond donors (Lipinski definition) is 2. The third-order valence-electron chi connectivity index (χ3n) is 4.09. The third-order valence-corrected chi connectivity index (χ3v) is 4.09. The number of carbonyl (C=O) groups excluding carboxylic acids is 1. The molecule has 144 valence electrons. The maximum atomic E-state index is 13.6. The molecule has 1 heterocycles. The maximum Gasteiger partial charge on any atom is 0.274 e. The Balaban J connectivity index is 1.56. The molecule has 3 aromatic rings. The van der Waals surface area contributed by atoms with Gasteiger partial charge in [0.15, 0.2) is 0 Å². The minimum Gasteiger partial charge on any atom is -0.496 e. The molecule has 0 saturated carbocycles. The first-order valence-corrected chi connectivity index (χ1v) is 8.65. The average molecular weight is 383 g/mol. The van der Waals surface area contributed by atoms with E-state index >= 15 is 0 Å². The number of nitrogens with one attached hydrogen (secondary N) is 2. The minimum atomic E-state index is -0.844. The number of nitrogens with zero attached hydrogens (tertiary/aromatic N) is 1. The maximum absolute atomic E-state index is 13.6. The van der Waals surface area contributed by atoms with Crippen molar-refractivity contribution >= 4 is 17.3 Å². The van der Waals surface area contributed by atoms with Crippen LogP contribution >= 0.6 is 0 Å². The second-order valence-corrected chi connectivity index (χ2v) is 6.00. The Labute approximate surface area is 161 Å². The van der Waals surface area contributed by atoms with Gasteiger partial charge in [0.25, 0.3) is 5.91 Å². The summed E-state index contributed by atoms with van der Waals surface area (Å²) < 4.78 is 31.9. The van der Waals surface area contributed by atoms with E-state index in [1.54, 1.807) is 13.2 Å². The molecule has 0 fully saturated rings. The molecular formula is C21H19F2N3O2. The molecular weight excluding hydrogens is 364 g/mol. The van der Waals surface area contributed by atoms with Gasteiger partial charge in [-0.25, -0.2) is 13.8 Å². The first kappa shape index (κ1) is 19.3.